The Kier molecular flexibility index (Phi) is 4.04. The highest BCUT2D eigenvalue weighted by molar-refractivity contribution is 5.78. The van der Waals surface area contributed by atoms with E-state index in [-0.39, 0.29) is 6.42 Å². The summed E-state index contributed by atoms with van der Waals surface area (Å²) in [5, 5.41) is 11.9. The maximum Gasteiger partial charge on any atom is 0.331 e. The zero-order valence-electron chi connectivity index (χ0n) is 13.0. The zero-order chi connectivity index (χ0) is 17.3. The van der Waals surface area contributed by atoms with Gasteiger partial charge in [0.1, 0.15) is 0 Å². The minimum Gasteiger partial charge on any atom is -0.548 e. The Hall–Kier alpha value is -3.15. The molecule has 3 rings (SSSR count). The fraction of sp³-hybridized carbons (Fsp3) is 0.167. The number of carboxylic acid groups (broad SMARTS) is 1. The van der Waals surface area contributed by atoms with E-state index in [2.05, 4.69) is 0 Å². The van der Waals surface area contributed by atoms with Gasteiger partial charge in [-0.2, -0.15) is 0 Å². The van der Waals surface area contributed by atoms with Crippen molar-refractivity contribution in [3.63, 3.8) is 0 Å². The van der Waals surface area contributed by atoms with Crippen LogP contribution in [0.15, 0.2) is 64.2 Å². The fourth-order valence-corrected chi connectivity index (χ4v) is 2.82. The minimum atomic E-state index is -1.46. The number of nitrogens with zero attached hydrogens (tertiary/aromatic N) is 2. The number of aromatic nitrogens is 2. The van der Waals surface area contributed by atoms with Crippen LogP contribution in [0.1, 0.15) is 11.6 Å². The summed E-state index contributed by atoms with van der Waals surface area (Å²) in [7, 11) is 1.51. The van der Waals surface area contributed by atoms with Crippen LogP contribution in [-0.4, -0.2) is 15.1 Å². The third-order valence-electron chi connectivity index (χ3n) is 4.06. The van der Waals surface area contributed by atoms with Gasteiger partial charge in [0.05, 0.1) is 22.9 Å². The SMILES string of the molecule is Cn1c(=O)n([C@@H](Cc2ccccc2)C(=O)[O-])c(=O)c2ccccc21. The van der Waals surface area contributed by atoms with Crippen LogP contribution in [0.3, 0.4) is 0 Å². The highest BCUT2D eigenvalue weighted by atomic mass is 16.4. The number of benzene rings is 2. The molecular formula is C18H15N2O4-. The molecule has 0 aliphatic carbocycles. The van der Waals surface area contributed by atoms with E-state index >= 15 is 0 Å². The summed E-state index contributed by atoms with van der Waals surface area (Å²) in [6.45, 7) is 0. The van der Waals surface area contributed by atoms with Crippen molar-refractivity contribution < 1.29 is 9.90 Å². The fourth-order valence-electron chi connectivity index (χ4n) is 2.82. The number of para-hydroxylation sites is 1. The van der Waals surface area contributed by atoms with Gasteiger partial charge in [0.15, 0.2) is 0 Å². The van der Waals surface area contributed by atoms with E-state index < -0.39 is 23.3 Å². The Labute approximate surface area is 137 Å². The van der Waals surface area contributed by atoms with E-state index in [0.29, 0.717) is 16.5 Å². The molecule has 2 aromatic carbocycles. The molecule has 0 saturated heterocycles. The Bertz CT molecular complexity index is 1020. The molecule has 3 aromatic rings. The van der Waals surface area contributed by atoms with Crippen LogP contribution in [0.2, 0.25) is 0 Å². The second-order valence-electron chi connectivity index (χ2n) is 5.56. The molecule has 6 nitrogen and oxygen atoms in total. The molecule has 1 heterocycles. The van der Waals surface area contributed by atoms with Crippen LogP contribution in [0.5, 0.6) is 0 Å². The normalized spacial score (nSPS) is 12.2. The first-order valence-electron chi connectivity index (χ1n) is 7.45. The number of aliphatic carboxylic acids is 1. The number of rotatable bonds is 4. The van der Waals surface area contributed by atoms with Crippen LogP contribution in [0.4, 0.5) is 0 Å². The Morgan fingerprint density at radius 1 is 1.04 bits per heavy atom. The Morgan fingerprint density at radius 3 is 2.33 bits per heavy atom. The summed E-state index contributed by atoms with van der Waals surface area (Å²) in [4.78, 5) is 36.9. The zero-order valence-corrected chi connectivity index (χ0v) is 13.0. The first-order valence-corrected chi connectivity index (χ1v) is 7.45. The van der Waals surface area contributed by atoms with Gasteiger partial charge in [-0.25, -0.2) is 4.79 Å². The molecule has 0 amide bonds. The minimum absolute atomic E-state index is 0.00331. The molecule has 0 aliphatic rings. The average molecular weight is 323 g/mol. The third kappa shape index (κ3) is 2.62. The lowest BCUT2D eigenvalue weighted by Crippen LogP contribution is -2.48. The van der Waals surface area contributed by atoms with Crippen molar-refractivity contribution in [2.24, 2.45) is 7.05 Å². The number of carbonyl (C=O) groups excluding carboxylic acids is 1. The molecule has 0 aliphatic heterocycles. The number of carbonyl (C=O) groups is 1. The van der Waals surface area contributed by atoms with E-state index in [0.717, 1.165) is 4.57 Å². The summed E-state index contributed by atoms with van der Waals surface area (Å²) in [6.07, 6.45) is -0.00331. The van der Waals surface area contributed by atoms with Crippen molar-refractivity contribution in [1.29, 1.82) is 0 Å². The van der Waals surface area contributed by atoms with Crippen LogP contribution >= 0.6 is 0 Å². The second-order valence-corrected chi connectivity index (χ2v) is 5.56. The topological polar surface area (TPSA) is 84.1 Å². The van der Waals surface area contributed by atoms with Crippen molar-refractivity contribution in [2.45, 2.75) is 12.5 Å². The summed E-state index contributed by atoms with van der Waals surface area (Å²) in [6, 6.07) is 14.1. The lowest BCUT2D eigenvalue weighted by molar-refractivity contribution is -0.310. The Balaban J connectivity index is 2.24. The molecule has 6 heteroatoms. The quantitative estimate of drug-likeness (QED) is 0.688. The number of carboxylic acids is 1. The largest absolute Gasteiger partial charge is 0.548 e. The smallest absolute Gasteiger partial charge is 0.331 e. The number of hydrogen-bond donors (Lipinski definition) is 0. The number of aryl methyl sites for hydroxylation is 1. The van der Waals surface area contributed by atoms with E-state index in [1.165, 1.54) is 11.6 Å². The van der Waals surface area contributed by atoms with Crippen molar-refractivity contribution in [3.05, 3.63) is 81.0 Å². The molecule has 1 aromatic heterocycles. The van der Waals surface area contributed by atoms with Gasteiger partial charge in [-0.1, -0.05) is 42.5 Å². The van der Waals surface area contributed by atoms with Crippen LogP contribution in [-0.2, 0) is 18.3 Å². The van der Waals surface area contributed by atoms with E-state index in [1.54, 1.807) is 54.6 Å². The van der Waals surface area contributed by atoms with Crippen molar-refractivity contribution >= 4 is 16.9 Å². The summed E-state index contributed by atoms with van der Waals surface area (Å²) < 4.78 is 2.04. The highest BCUT2D eigenvalue weighted by Gasteiger charge is 2.20. The number of fused-ring (bicyclic) bond motifs is 1. The van der Waals surface area contributed by atoms with Gasteiger partial charge in [0.25, 0.3) is 5.56 Å². The maximum atomic E-state index is 12.7. The highest BCUT2D eigenvalue weighted by Crippen LogP contribution is 2.13. The maximum absolute atomic E-state index is 12.7. The molecule has 0 spiro atoms. The van der Waals surface area contributed by atoms with Gasteiger partial charge in [-0.15, -0.1) is 0 Å². The third-order valence-corrected chi connectivity index (χ3v) is 4.06. The van der Waals surface area contributed by atoms with Gasteiger partial charge >= 0.3 is 5.69 Å². The van der Waals surface area contributed by atoms with Gasteiger partial charge in [0, 0.05) is 7.05 Å². The van der Waals surface area contributed by atoms with E-state index in [9.17, 15) is 19.5 Å². The lowest BCUT2D eigenvalue weighted by atomic mass is 10.1. The monoisotopic (exact) mass is 323 g/mol. The summed E-state index contributed by atoms with van der Waals surface area (Å²) >= 11 is 0. The molecule has 122 valence electrons. The molecule has 0 unspecified atom stereocenters. The first-order chi connectivity index (χ1) is 11.5. The van der Waals surface area contributed by atoms with Crippen LogP contribution < -0.4 is 16.4 Å². The summed E-state index contributed by atoms with van der Waals surface area (Å²) in [5.74, 6) is -1.46. The molecule has 0 saturated carbocycles. The average Bonchev–Trinajstić information content (AvgIpc) is 2.60. The van der Waals surface area contributed by atoms with Gasteiger partial charge in [-0.3, -0.25) is 13.9 Å². The first kappa shape index (κ1) is 15.7. The molecular weight excluding hydrogens is 308 g/mol. The molecule has 1 atom stereocenters. The van der Waals surface area contributed by atoms with Crippen molar-refractivity contribution in [1.82, 2.24) is 9.13 Å². The standard InChI is InChI=1S/C18H16N2O4/c1-19-14-10-6-5-9-13(14)16(21)20(18(19)24)15(17(22)23)11-12-7-3-2-4-8-12/h2-10,15H,11H2,1H3,(H,22,23)/p-1/t15-/m0/s1. The van der Waals surface area contributed by atoms with Crippen molar-refractivity contribution in [2.75, 3.05) is 0 Å². The number of hydrogen-bond acceptors (Lipinski definition) is 4. The molecule has 24 heavy (non-hydrogen) atoms. The van der Waals surface area contributed by atoms with Gasteiger partial charge in [-0.05, 0) is 24.1 Å². The predicted octanol–water partition coefficient (Wildman–Crippen LogP) is 0.234. The van der Waals surface area contributed by atoms with Crippen molar-refractivity contribution in [3.8, 4) is 0 Å². The van der Waals surface area contributed by atoms with E-state index in [1.807, 2.05) is 0 Å². The summed E-state index contributed by atoms with van der Waals surface area (Å²) in [5.41, 5.74) is -0.142. The van der Waals surface area contributed by atoms with Crippen LogP contribution in [0.25, 0.3) is 10.9 Å². The molecule has 0 bridgehead atoms. The lowest BCUT2D eigenvalue weighted by Gasteiger charge is -2.21. The second kappa shape index (κ2) is 6.16. The van der Waals surface area contributed by atoms with E-state index in [4.69, 9.17) is 0 Å². The van der Waals surface area contributed by atoms with Crippen LogP contribution in [0, 0.1) is 0 Å². The molecule has 0 radical (unpaired) electrons. The predicted molar refractivity (Wildman–Crippen MR) is 87.6 cm³/mol. The molecule has 0 N–H and O–H groups in total. The van der Waals surface area contributed by atoms with Gasteiger partial charge < -0.3 is 9.90 Å². The van der Waals surface area contributed by atoms with Gasteiger partial charge in [0.2, 0.25) is 0 Å². The molecule has 0 fully saturated rings. The Morgan fingerprint density at radius 2 is 1.67 bits per heavy atom.